The van der Waals surface area contributed by atoms with Crippen molar-refractivity contribution in [3.05, 3.63) is 80.3 Å². The summed E-state index contributed by atoms with van der Waals surface area (Å²) in [5, 5.41) is 0. The van der Waals surface area contributed by atoms with Gasteiger partial charge in [0.25, 0.3) is 5.56 Å². The summed E-state index contributed by atoms with van der Waals surface area (Å²) < 4.78 is 43.9. The van der Waals surface area contributed by atoms with Gasteiger partial charge in [-0.25, -0.2) is 4.98 Å². The van der Waals surface area contributed by atoms with E-state index in [0.29, 0.717) is 36.3 Å². The van der Waals surface area contributed by atoms with E-state index < -0.39 is 11.7 Å². The van der Waals surface area contributed by atoms with E-state index >= 15 is 0 Å². The van der Waals surface area contributed by atoms with E-state index in [4.69, 9.17) is 4.74 Å². The molecule has 0 spiro atoms. The Kier molecular flexibility index (Phi) is 5.81. The van der Waals surface area contributed by atoms with Crippen molar-refractivity contribution in [2.24, 2.45) is 0 Å². The number of halogens is 3. The van der Waals surface area contributed by atoms with Gasteiger partial charge in [0.15, 0.2) is 0 Å². The monoisotopic (exact) mass is 443 g/mol. The Balaban J connectivity index is 1.59. The molecule has 168 valence electrons. The first kappa shape index (κ1) is 22.1. The van der Waals surface area contributed by atoms with Crippen molar-refractivity contribution >= 4 is 0 Å². The van der Waals surface area contributed by atoms with Gasteiger partial charge in [0.2, 0.25) is 0 Å². The minimum Gasteiger partial charge on any atom is -0.496 e. The highest BCUT2D eigenvalue weighted by molar-refractivity contribution is 5.56. The molecule has 8 heteroatoms. The molecule has 1 aliphatic rings. The molecule has 2 aromatic carbocycles. The number of aryl methyl sites for hydroxylation is 2. The molecule has 1 aromatic heterocycles. The van der Waals surface area contributed by atoms with Crippen molar-refractivity contribution in [2.45, 2.75) is 39.5 Å². The third-order valence-corrected chi connectivity index (χ3v) is 5.89. The average molecular weight is 443 g/mol. The summed E-state index contributed by atoms with van der Waals surface area (Å²) in [5.41, 5.74) is 4.14. The molecule has 0 saturated heterocycles. The number of benzene rings is 2. The van der Waals surface area contributed by atoms with E-state index in [1.165, 1.54) is 17.7 Å². The van der Waals surface area contributed by atoms with Crippen molar-refractivity contribution in [1.29, 1.82) is 0 Å². The van der Waals surface area contributed by atoms with Crippen LogP contribution in [0.5, 0.6) is 5.75 Å². The van der Waals surface area contributed by atoms with Gasteiger partial charge in [-0.2, -0.15) is 13.2 Å². The molecule has 4 rings (SSSR count). The Morgan fingerprint density at radius 1 is 1.12 bits per heavy atom. The predicted octanol–water partition coefficient (Wildman–Crippen LogP) is 4.64. The topological polar surface area (TPSA) is 58.2 Å². The first-order valence-corrected chi connectivity index (χ1v) is 10.3. The van der Waals surface area contributed by atoms with Crippen LogP contribution in [0.1, 0.15) is 33.5 Å². The van der Waals surface area contributed by atoms with Crippen molar-refractivity contribution in [2.75, 3.05) is 13.7 Å². The molecule has 0 atom stereocenters. The van der Waals surface area contributed by atoms with Crippen molar-refractivity contribution in [3.8, 4) is 17.1 Å². The lowest BCUT2D eigenvalue weighted by Crippen LogP contribution is -2.35. The van der Waals surface area contributed by atoms with Gasteiger partial charge in [0.1, 0.15) is 11.6 Å². The minimum atomic E-state index is -4.41. The Labute approximate surface area is 183 Å². The van der Waals surface area contributed by atoms with Gasteiger partial charge in [-0.3, -0.25) is 9.69 Å². The van der Waals surface area contributed by atoms with E-state index in [-0.39, 0.29) is 11.4 Å². The Morgan fingerprint density at radius 3 is 2.50 bits per heavy atom. The average Bonchev–Trinajstić information content (AvgIpc) is 2.75. The van der Waals surface area contributed by atoms with E-state index in [2.05, 4.69) is 20.9 Å². The number of alkyl halides is 3. The summed E-state index contributed by atoms with van der Waals surface area (Å²) in [4.78, 5) is 22.2. The van der Waals surface area contributed by atoms with Crippen LogP contribution in [0.4, 0.5) is 13.2 Å². The smallest absolute Gasteiger partial charge is 0.416 e. The Hall–Kier alpha value is -3.13. The normalized spacial score (nSPS) is 14.3. The van der Waals surface area contributed by atoms with Crippen LogP contribution in [-0.2, 0) is 25.7 Å². The van der Waals surface area contributed by atoms with Crippen LogP contribution in [0.2, 0.25) is 0 Å². The van der Waals surface area contributed by atoms with Gasteiger partial charge in [0.05, 0.1) is 18.4 Å². The molecule has 1 aliphatic heterocycles. The predicted molar refractivity (Wildman–Crippen MR) is 116 cm³/mol. The van der Waals surface area contributed by atoms with Crippen LogP contribution in [-0.4, -0.2) is 28.5 Å². The molecule has 5 nitrogen and oxygen atoms in total. The number of rotatable bonds is 4. The first-order valence-electron chi connectivity index (χ1n) is 10.3. The molecular weight excluding hydrogens is 419 g/mol. The van der Waals surface area contributed by atoms with Crippen LogP contribution in [0.25, 0.3) is 11.4 Å². The maximum atomic E-state index is 12.8. The van der Waals surface area contributed by atoms with Crippen LogP contribution in [0.15, 0.2) is 41.2 Å². The molecule has 0 fully saturated rings. The third-order valence-electron chi connectivity index (χ3n) is 5.89. The number of fused-ring (bicyclic) bond motifs is 1. The molecule has 0 amide bonds. The highest BCUT2D eigenvalue weighted by atomic mass is 19.4. The second-order valence-corrected chi connectivity index (χ2v) is 8.12. The number of hydrogen-bond donors (Lipinski definition) is 1. The Morgan fingerprint density at radius 2 is 1.84 bits per heavy atom. The second-order valence-electron chi connectivity index (χ2n) is 8.12. The van der Waals surface area contributed by atoms with Gasteiger partial charge in [-0.05, 0) is 55.2 Å². The number of aromatic nitrogens is 2. The first-order chi connectivity index (χ1) is 15.2. The zero-order valence-electron chi connectivity index (χ0n) is 18.1. The van der Waals surface area contributed by atoms with Crippen molar-refractivity contribution in [1.82, 2.24) is 14.9 Å². The fourth-order valence-electron chi connectivity index (χ4n) is 4.06. The lowest BCUT2D eigenvalue weighted by atomic mass is 10.0. The number of H-pyrrole nitrogens is 1. The number of hydrogen-bond acceptors (Lipinski definition) is 4. The lowest BCUT2D eigenvalue weighted by Gasteiger charge is -2.28. The summed E-state index contributed by atoms with van der Waals surface area (Å²) in [6, 6.07) is 8.79. The number of nitrogens with zero attached hydrogens (tertiary/aromatic N) is 2. The molecule has 3 aromatic rings. The zero-order valence-corrected chi connectivity index (χ0v) is 18.1. The number of nitrogens with one attached hydrogen (secondary N) is 1. The molecule has 0 radical (unpaired) electrons. The fourth-order valence-corrected chi connectivity index (χ4v) is 4.06. The van der Waals surface area contributed by atoms with Crippen LogP contribution in [0, 0.1) is 13.8 Å². The molecular formula is C24H24F3N3O2. The van der Waals surface area contributed by atoms with E-state index in [0.717, 1.165) is 35.6 Å². The summed E-state index contributed by atoms with van der Waals surface area (Å²) in [6.45, 7) is 5.98. The van der Waals surface area contributed by atoms with Gasteiger partial charge < -0.3 is 9.72 Å². The summed E-state index contributed by atoms with van der Waals surface area (Å²) in [5.74, 6) is 1.13. The van der Waals surface area contributed by atoms with Crippen molar-refractivity contribution < 1.29 is 17.9 Å². The molecule has 0 unspecified atom stereocenters. The Bertz CT molecular complexity index is 1200. The lowest BCUT2D eigenvalue weighted by molar-refractivity contribution is -0.137. The highest BCUT2D eigenvalue weighted by Gasteiger charge is 2.30. The highest BCUT2D eigenvalue weighted by Crippen LogP contribution is 2.30. The standard InChI is InChI=1S/C24H24F3N3O2/c1-14-11-21(32-3)15(2)10-17(14)12-30-9-8-19-20(13-30)28-22(29-23(19)31)16-4-6-18(7-5-16)24(25,26)27/h4-7,10-11H,8-9,12-13H2,1-3H3,(H,28,29,31). The van der Waals surface area contributed by atoms with E-state index in [1.54, 1.807) is 7.11 Å². The van der Waals surface area contributed by atoms with Gasteiger partial charge >= 0.3 is 6.18 Å². The third kappa shape index (κ3) is 4.41. The molecule has 0 bridgehead atoms. The van der Waals surface area contributed by atoms with Crippen molar-refractivity contribution in [3.63, 3.8) is 0 Å². The van der Waals surface area contributed by atoms with Crippen LogP contribution in [0.3, 0.4) is 0 Å². The number of ether oxygens (including phenoxy) is 1. The largest absolute Gasteiger partial charge is 0.496 e. The van der Waals surface area contributed by atoms with Crippen LogP contribution < -0.4 is 10.3 Å². The summed E-state index contributed by atoms with van der Waals surface area (Å²) in [7, 11) is 1.65. The van der Waals surface area contributed by atoms with Gasteiger partial charge in [-0.15, -0.1) is 0 Å². The fraction of sp³-hybridized carbons (Fsp3) is 0.333. The minimum absolute atomic E-state index is 0.235. The summed E-state index contributed by atoms with van der Waals surface area (Å²) >= 11 is 0. The van der Waals surface area contributed by atoms with E-state index in [1.807, 2.05) is 19.9 Å². The number of aromatic amines is 1. The van der Waals surface area contributed by atoms with Crippen LogP contribution >= 0.6 is 0 Å². The van der Waals surface area contributed by atoms with E-state index in [9.17, 15) is 18.0 Å². The number of methoxy groups -OCH3 is 1. The molecule has 1 N–H and O–H groups in total. The zero-order chi connectivity index (χ0) is 23.0. The molecule has 0 saturated carbocycles. The molecule has 32 heavy (non-hydrogen) atoms. The molecule has 0 aliphatic carbocycles. The second kappa shape index (κ2) is 8.43. The van der Waals surface area contributed by atoms with Gasteiger partial charge in [0, 0.05) is 30.8 Å². The quantitative estimate of drug-likeness (QED) is 0.638. The molecule has 2 heterocycles. The summed E-state index contributed by atoms with van der Waals surface area (Å²) in [6.07, 6.45) is -3.84. The SMILES string of the molecule is COc1cc(C)c(CN2CCc3c(nc(-c4ccc(C(F)(F)F)cc4)[nH]c3=O)C2)cc1C. The maximum Gasteiger partial charge on any atom is 0.416 e. The maximum absolute atomic E-state index is 12.8. The van der Waals surface area contributed by atoms with Gasteiger partial charge in [-0.1, -0.05) is 18.2 Å².